The lowest BCUT2D eigenvalue weighted by Gasteiger charge is -2.08. The molecular weight excluding hydrogens is 418 g/mol. The van der Waals surface area contributed by atoms with E-state index in [1.165, 1.54) is 34.2 Å². The number of hydrogen-bond acceptors (Lipinski definition) is 8. The summed E-state index contributed by atoms with van der Waals surface area (Å²) in [6.45, 7) is 6.24. The third-order valence-electron chi connectivity index (χ3n) is 4.75. The molecule has 1 N–H and O–H groups in total. The first-order valence-corrected chi connectivity index (χ1v) is 11.3. The second kappa shape index (κ2) is 8.89. The van der Waals surface area contributed by atoms with Crippen LogP contribution in [0.4, 0.5) is 10.8 Å². The third-order valence-corrected chi connectivity index (χ3v) is 6.75. The molecule has 4 rings (SSSR count). The summed E-state index contributed by atoms with van der Waals surface area (Å²) in [5.74, 6) is 0.339. The molecule has 0 aliphatic carbocycles. The van der Waals surface area contributed by atoms with Gasteiger partial charge in [0.25, 0.3) is 0 Å². The maximum absolute atomic E-state index is 12.4. The van der Waals surface area contributed by atoms with E-state index < -0.39 is 5.97 Å². The van der Waals surface area contributed by atoms with Gasteiger partial charge in [0.15, 0.2) is 4.34 Å². The second-order valence-electron chi connectivity index (χ2n) is 6.66. The van der Waals surface area contributed by atoms with Crippen LogP contribution in [0.25, 0.3) is 11.0 Å². The summed E-state index contributed by atoms with van der Waals surface area (Å²) >= 11 is 3.00. The van der Waals surface area contributed by atoms with E-state index in [1.54, 1.807) is 6.92 Å². The van der Waals surface area contributed by atoms with Gasteiger partial charge in [0.1, 0.15) is 5.58 Å². The van der Waals surface area contributed by atoms with E-state index in [0.29, 0.717) is 17.9 Å². The predicted octanol–water partition coefficient (Wildman–Crippen LogP) is 6.11. The molecule has 6 nitrogen and oxygen atoms in total. The van der Waals surface area contributed by atoms with E-state index in [1.807, 2.05) is 36.4 Å². The van der Waals surface area contributed by atoms with E-state index >= 15 is 0 Å². The molecule has 8 heteroatoms. The number of carbonyl (C=O) groups is 1. The van der Waals surface area contributed by atoms with Crippen LogP contribution in [-0.4, -0.2) is 22.8 Å². The van der Waals surface area contributed by atoms with Crippen LogP contribution < -0.4 is 5.32 Å². The van der Waals surface area contributed by atoms with Gasteiger partial charge in [-0.15, -0.1) is 10.2 Å². The molecule has 0 bridgehead atoms. The summed E-state index contributed by atoms with van der Waals surface area (Å²) in [6, 6.07) is 13.7. The van der Waals surface area contributed by atoms with Crippen LogP contribution in [0.15, 0.2) is 51.2 Å². The summed E-state index contributed by atoms with van der Waals surface area (Å²) in [6.07, 6.45) is 0. The molecule has 2 heterocycles. The topological polar surface area (TPSA) is 77.2 Å². The first kappa shape index (κ1) is 20.4. The molecule has 0 saturated carbocycles. The molecule has 0 saturated heterocycles. The molecule has 0 fully saturated rings. The van der Waals surface area contributed by atoms with Crippen LogP contribution in [-0.2, 0) is 10.5 Å². The number of nitrogens with one attached hydrogen (secondary N) is 1. The van der Waals surface area contributed by atoms with Crippen molar-refractivity contribution >= 4 is 50.9 Å². The number of aryl methyl sites for hydroxylation is 1. The highest BCUT2D eigenvalue weighted by molar-refractivity contribution is 8.00. The number of hydrogen-bond donors (Lipinski definition) is 1. The van der Waals surface area contributed by atoms with Gasteiger partial charge in [0.05, 0.1) is 6.61 Å². The number of benzene rings is 2. The van der Waals surface area contributed by atoms with E-state index in [-0.39, 0.29) is 5.76 Å². The van der Waals surface area contributed by atoms with Gasteiger partial charge in [-0.2, -0.15) is 0 Å². The number of carbonyl (C=O) groups excluding carboxylic acids is 1. The Morgan fingerprint density at radius 1 is 1.17 bits per heavy atom. The molecule has 2 aromatic carbocycles. The van der Waals surface area contributed by atoms with Crippen molar-refractivity contribution in [3.63, 3.8) is 0 Å². The van der Waals surface area contributed by atoms with Gasteiger partial charge in [-0.25, -0.2) is 4.79 Å². The SMILES string of the molecule is CCOC(=O)c1oc2ccccc2c1CSc1nnc(Nc2cccc(C)c2C)s1. The minimum Gasteiger partial charge on any atom is -0.460 e. The molecule has 0 aliphatic rings. The number of ether oxygens (including phenoxy) is 1. The third kappa shape index (κ3) is 4.20. The monoisotopic (exact) mass is 439 g/mol. The van der Waals surface area contributed by atoms with Gasteiger partial charge in [0, 0.05) is 22.4 Å². The smallest absolute Gasteiger partial charge is 0.374 e. The van der Waals surface area contributed by atoms with Crippen molar-refractivity contribution in [1.82, 2.24) is 10.2 Å². The maximum Gasteiger partial charge on any atom is 0.374 e. The Kier molecular flexibility index (Phi) is 6.06. The predicted molar refractivity (Wildman–Crippen MR) is 121 cm³/mol. The Bertz CT molecular complexity index is 1200. The van der Waals surface area contributed by atoms with Crippen LogP contribution in [0.2, 0.25) is 0 Å². The zero-order chi connectivity index (χ0) is 21.1. The first-order chi connectivity index (χ1) is 14.6. The fourth-order valence-corrected chi connectivity index (χ4v) is 4.85. The summed E-state index contributed by atoms with van der Waals surface area (Å²) in [5, 5.41) is 13.5. The van der Waals surface area contributed by atoms with Crippen LogP contribution in [0.1, 0.15) is 34.2 Å². The van der Waals surface area contributed by atoms with Crippen LogP contribution >= 0.6 is 23.1 Å². The van der Waals surface area contributed by atoms with Gasteiger partial charge in [-0.3, -0.25) is 0 Å². The standard InChI is InChI=1S/C22H21N3O3S2/c1-4-27-20(26)19-16(15-9-5-6-11-18(15)28-19)12-29-22-25-24-21(30-22)23-17-10-7-8-13(2)14(17)3/h5-11H,4,12H2,1-3H3,(H,23,24). The Balaban J connectivity index is 1.53. The highest BCUT2D eigenvalue weighted by Crippen LogP contribution is 2.35. The quantitative estimate of drug-likeness (QED) is 0.275. The van der Waals surface area contributed by atoms with Crippen molar-refractivity contribution in [2.24, 2.45) is 0 Å². The minimum absolute atomic E-state index is 0.254. The molecule has 4 aromatic rings. The van der Waals surface area contributed by atoms with Crippen LogP contribution in [0, 0.1) is 13.8 Å². The largest absolute Gasteiger partial charge is 0.460 e. The van der Waals surface area contributed by atoms with E-state index in [0.717, 1.165) is 26.1 Å². The normalized spacial score (nSPS) is 11.0. The fourth-order valence-electron chi connectivity index (χ4n) is 3.06. The second-order valence-corrected chi connectivity index (χ2v) is 8.86. The van der Waals surface area contributed by atoms with Crippen molar-refractivity contribution in [2.45, 2.75) is 30.9 Å². The van der Waals surface area contributed by atoms with E-state index in [9.17, 15) is 4.79 Å². The Hall–Kier alpha value is -2.84. The van der Waals surface area contributed by atoms with E-state index in [2.05, 4.69) is 35.4 Å². The Morgan fingerprint density at radius 3 is 2.83 bits per heavy atom. The zero-order valence-electron chi connectivity index (χ0n) is 16.9. The number of fused-ring (bicyclic) bond motifs is 1. The lowest BCUT2D eigenvalue weighted by atomic mass is 10.1. The van der Waals surface area contributed by atoms with Gasteiger partial charge >= 0.3 is 5.97 Å². The Labute approximate surface area is 182 Å². The average Bonchev–Trinajstić information content (AvgIpc) is 3.34. The van der Waals surface area contributed by atoms with Crippen molar-refractivity contribution in [3.8, 4) is 0 Å². The number of rotatable bonds is 7. The van der Waals surface area contributed by atoms with Crippen molar-refractivity contribution in [2.75, 3.05) is 11.9 Å². The highest BCUT2D eigenvalue weighted by Gasteiger charge is 2.22. The molecule has 30 heavy (non-hydrogen) atoms. The molecule has 154 valence electrons. The molecule has 0 aliphatic heterocycles. The Morgan fingerprint density at radius 2 is 2.00 bits per heavy atom. The van der Waals surface area contributed by atoms with Crippen molar-refractivity contribution in [1.29, 1.82) is 0 Å². The number of nitrogens with zero attached hydrogens (tertiary/aromatic N) is 2. The van der Waals surface area contributed by atoms with Crippen LogP contribution in [0.3, 0.4) is 0 Å². The lowest BCUT2D eigenvalue weighted by Crippen LogP contribution is -2.05. The maximum atomic E-state index is 12.4. The number of thioether (sulfide) groups is 1. The molecular formula is C22H21N3O3S2. The molecule has 2 aromatic heterocycles. The van der Waals surface area contributed by atoms with Crippen molar-refractivity contribution in [3.05, 3.63) is 64.9 Å². The zero-order valence-corrected chi connectivity index (χ0v) is 18.5. The summed E-state index contributed by atoms with van der Waals surface area (Å²) in [4.78, 5) is 12.4. The molecule has 0 amide bonds. The number of esters is 1. The van der Waals surface area contributed by atoms with Crippen molar-refractivity contribution < 1.29 is 13.9 Å². The minimum atomic E-state index is -0.446. The molecule has 0 spiro atoms. The lowest BCUT2D eigenvalue weighted by molar-refractivity contribution is 0.0491. The van der Waals surface area contributed by atoms with Gasteiger partial charge in [-0.1, -0.05) is 53.4 Å². The number of furan rings is 1. The highest BCUT2D eigenvalue weighted by atomic mass is 32.2. The van der Waals surface area contributed by atoms with E-state index in [4.69, 9.17) is 9.15 Å². The summed E-state index contributed by atoms with van der Waals surface area (Å²) in [7, 11) is 0. The fraction of sp³-hybridized carbons (Fsp3) is 0.227. The number of aromatic nitrogens is 2. The van der Waals surface area contributed by atoms with Gasteiger partial charge < -0.3 is 14.5 Å². The molecule has 0 radical (unpaired) electrons. The van der Waals surface area contributed by atoms with Crippen LogP contribution in [0.5, 0.6) is 0 Å². The number of para-hydroxylation sites is 1. The van der Waals surface area contributed by atoms with Gasteiger partial charge in [-0.05, 0) is 44.0 Å². The molecule has 0 atom stereocenters. The summed E-state index contributed by atoms with van der Waals surface area (Å²) < 4.78 is 11.8. The first-order valence-electron chi connectivity index (χ1n) is 9.54. The van der Waals surface area contributed by atoms with Gasteiger partial charge in [0.2, 0.25) is 10.9 Å². The number of anilines is 2. The average molecular weight is 440 g/mol. The molecule has 0 unspecified atom stereocenters. The summed E-state index contributed by atoms with van der Waals surface area (Å²) in [5.41, 5.74) is 4.91.